The van der Waals surface area contributed by atoms with Gasteiger partial charge >= 0.3 is 0 Å². The van der Waals surface area contributed by atoms with Crippen molar-refractivity contribution in [3.05, 3.63) is 41.3 Å². The number of aromatic nitrogens is 1. The molecule has 23 heavy (non-hydrogen) atoms. The highest BCUT2D eigenvalue weighted by molar-refractivity contribution is 7.90. The Morgan fingerprint density at radius 3 is 2.30 bits per heavy atom. The van der Waals surface area contributed by atoms with Crippen LogP contribution in [0.3, 0.4) is 0 Å². The van der Waals surface area contributed by atoms with Crippen LogP contribution in [0.25, 0.3) is 0 Å². The fraction of sp³-hybridized carbons (Fsp3) is 0.308. The quantitative estimate of drug-likeness (QED) is 0.840. The van der Waals surface area contributed by atoms with E-state index in [1.54, 1.807) is 13.8 Å². The molecule has 1 heterocycles. The number of benzene rings is 1. The normalized spacial score (nSPS) is 12.7. The molecule has 0 aliphatic carbocycles. The maximum Gasteiger partial charge on any atom is 0.243 e. The Kier molecular flexibility index (Phi) is 4.62. The summed E-state index contributed by atoms with van der Waals surface area (Å²) in [5, 5.41) is 8.82. The molecule has 1 aromatic carbocycles. The van der Waals surface area contributed by atoms with Crippen molar-refractivity contribution in [3.8, 4) is 0 Å². The van der Waals surface area contributed by atoms with Crippen LogP contribution in [0, 0.1) is 13.8 Å². The van der Waals surface area contributed by atoms with E-state index in [1.165, 1.54) is 25.2 Å². The van der Waals surface area contributed by atoms with Crippen LogP contribution >= 0.6 is 0 Å². The molecule has 2 N–H and O–H groups in total. The van der Waals surface area contributed by atoms with E-state index in [0.29, 0.717) is 17.0 Å². The molecule has 0 amide bonds. The topological polar surface area (TPSA) is 124 Å². The lowest BCUT2D eigenvalue weighted by Gasteiger charge is -2.17. The van der Waals surface area contributed by atoms with E-state index in [4.69, 9.17) is 9.66 Å². The monoisotopic (exact) mass is 359 g/mol. The number of aryl methyl sites for hydroxylation is 2. The van der Waals surface area contributed by atoms with Crippen molar-refractivity contribution >= 4 is 20.0 Å². The van der Waals surface area contributed by atoms with E-state index in [0.717, 1.165) is 10.4 Å². The summed E-state index contributed by atoms with van der Waals surface area (Å²) in [5.41, 5.74) is 1.27. The second kappa shape index (κ2) is 6.04. The summed E-state index contributed by atoms with van der Waals surface area (Å²) >= 11 is 0. The number of hydrogen-bond donors (Lipinski definition) is 1. The van der Waals surface area contributed by atoms with Gasteiger partial charge in [-0.15, -0.1) is 0 Å². The van der Waals surface area contributed by atoms with E-state index in [9.17, 15) is 16.8 Å². The summed E-state index contributed by atoms with van der Waals surface area (Å²) in [5.74, 6) is 0.530. The van der Waals surface area contributed by atoms with Crippen LogP contribution in [-0.2, 0) is 26.6 Å². The molecule has 0 aliphatic rings. The highest BCUT2D eigenvalue weighted by Gasteiger charge is 2.24. The number of nitrogens with two attached hydrogens (primary N) is 1. The lowest BCUT2D eigenvalue weighted by Crippen LogP contribution is -2.27. The smallest absolute Gasteiger partial charge is 0.243 e. The van der Waals surface area contributed by atoms with Gasteiger partial charge in [-0.2, -0.15) is 4.31 Å². The van der Waals surface area contributed by atoms with Crippen LogP contribution in [0.4, 0.5) is 0 Å². The fourth-order valence-corrected chi connectivity index (χ4v) is 3.85. The SMILES string of the molecule is Cc1noc(C)c1CN(C)S(=O)(=O)c1cccc(S(N)(=O)=O)c1. The molecule has 0 saturated carbocycles. The van der Waals surface area contributed by atoms with Crippen LogP contribution in [-0.4, -0.2) is 33.3 Å². The summed E-state index contributed by atoms with van der Waals surface area (Å²) in [6.07, 6.45) is 0. The van der Waals surface area contributed by atoms with Gasteiger partial charge in [0.25, 0.3) is 0 Å². The molecule has 0 spiro atoms. The molecule has 10 heteroatoms. The van der Waals surface area contributed by atoms with Crippen molar-refractivity contribution in [2.75, 3.05) is 7.05 Å². The van der Waals surface area contributed by atoms with Gasteiger partial charge in [0.2, 0.25) is 20.0 Å². The molecule has 0 radical (unpaired) electrons. The molecule has 0 aliphatic heterocycles. The Hall–Kier alpha value is -1.75. The Balaban J connectivity index is 2.38. The van der Waals surface area contributed by atoms with Crippen molar-refractivity contribution in [1.82, 2.24) is 9.46 Å². The second-order valence-electron chi connectivity index (χ2n) is 5.08. The summed E-state index contributed by atoms with van der Waals surface area (Å²) in [6.45, 7) is 3.47. The fourth-order valence-electron chi connectivity index (χ4n) is 2.03. The predicted molar refractivity (Wildman–Crippen MR) is 82.4 cm³/mol. The molecule has 126 valence electrons. The van der Waals surface area contributed by atoms with Gasteiger partial charge in [0.1, 0.15) is 5.76 Å². The van der Waals surface area contributed by atoms with E-state index < -0.39 is 20.0 Å². The third kappa shape index (κ3) is 3.61. The first kappa shape index (κ1) is 17.6. The largest absolute Gasteiger partial charge is 0.361 e. The van der Waals surface area contributed by atoms with Crippen LogP contribution in [0.2, 0.25) is 0 Å². The number of primary sulfonamides is 1. The predicted octanol–water partition coefficient (Wildman–Crippen LogP) is 0.760. The number of rotatable bonds is 5. The molecule has 0 saturated heterocycles. The molecule has 0 unspecified atom stereocenters. The minimum Gasteiger partial charge on any atom is -0.361 e. The zero-order valence-corrected chi connectivity index (χ0v) is 14.5. The zero-order chi connectivity index (χ0) is 17.4. The molecule has 1 aromatic heterocycles. The highest BCUT2D eigenvalue weighted by Crippen LogP contribution is 2.21. The molecule has 2 rings (SSSR count). The van der Waals surface area contributed by atoms with E-state index in [1.807, 2.05) is 0 Å². The number of nitrogens with zero attached hydrogens (tertiary/aromatic N) is 2. The van der Waals surface area contributed by atoms with Crippen molar-refractivity contribution < 1.29 is 21.4 Å². The average molecular weight is 359 g/mol. The number of hydrogen-bond acceptors (Lipinski definition) is 6. The van der Waals surface area contributed by atoms with Crippen LogP contribution in [0.5, 0.6) is 0 Å². The van der Waals surface area contributed by atoms with Crippen LogP contribution in [0.1, 0.15) is 17.0 Å². The first-order valence-corrected chi connectivity index (χ1v) is 9.53. The first-order valence-electron chi connectivity index (χ1n) is 6.54. The average Bonchev–Trinajstić information content (AvgIpc) is 2.78. The second-order valence-corrected chi connectivity index (χ2v) is 8.69. The van der Waals surface area contributed by atoms with Gasteiger partial charge in [-0.1, -0.05) is 11.2 Å². The van der Waals surface area contributed by atoms with Gasteiger partial charge in [0.15, 0.2) is 0 Å². The van der Waals surface area contributed by atoms with Crippen molar-refractivity contribution in [2.24, 2.45) is 5.14 Å². The Morgan fingerprint density at radius 1 is 1.17 bits per heavy atom. The van der Waals surface area contributed by atoms with E-state index >= 15 is 0 Å². The molecule has 0 fully saturated rings. The molecule has 0 bridgehead atoms. The maximum atomic E-state index is 12.6. The molecule has 0 atom stereocenters. The summed E-state index contributed by atoms with van der Waals surface area (Å²) < 4.78 is 54.1. The summed E-state index contributed by atoms with van der Waals surface area (Å²) in [4.78, 5) is -0.414. The van der Waals surface area contributed by atoms with Crippen LogP contribution in [0.15, 0.2) is 38.6 Å². The Bertz CT molecular complexity index is 913. The molecule has 8 nitrogen and oxygen atoms in total. The Labute approximate surface area is 135 Å². The van der Waals surface area contributed by atoms with Gasteiger partial charge in [-0.3, -0.25) is 0 Å². The van der Waals surface area contributed by atoms with Gasteiger partial charge in [0.05, 0.1) is 15.5 Å². The molecular formula is C13H17N3O5S2. The van der Waals surface area contributed by atoms with Gasteiger partial charge in [-0.25, -0.2) is 22.0 Å². The van der Waals surface area contributed by atoms with Gasteiger partial charge in [0, 0.05) is 19.2 Å². The van der Waals surface area contributed by atoms with E-state index in [2.05, 4.69) is 5.16 Å². The zero-order valence-electron chi connectivity index (χ0n) is 12.8. The number of sulfonamides is 2. The summed E-state index contributed by atoms with van der Waals surface area (Å²) in [6, 6.07) is 4.92. The third-order valence-electron chi connectivity index (χ3n) is 3.40. The van der Waals surface area contributed by atoms with Crippen molar-refractivity contribution in [3.63, 3.8) is 0 Å². The minimum atomic E-state index is -3.98. The first-order chi connectivity index (χ1) is 10.5. The highest BCUT2D eigenvalue weighted by atomic mass is 32.2. The lowest BCUT2D eigenvalue weighted by atomic mass is 10.2. The van der Waals surface area contributed by atoms with E-state index in [-0.39, 0.29) is 16.3 Å². The van der Waals surface area contributed by atoms with Crippen molar-refractivity contribution in [1.29, 1.82) is 0 Å². The van der Waals surface area contributed by atoms with Gasteiger partial charge < -0.3 is 4.52 Å². The Morgan fingerprint density at radius 2 is 1.78 bits per heavy atom. The lowest BCUT2D eigenvalue weighted by molar-refractivity contribution is 0.390. The van der Waals surface area contributed by atoms with Crippen molar-refractivity contribution in [2.45, 2.75) is 30.2 Å². The standard InChI is InChI=1S/C13H17N3O5S2/c1-9-13(10(2)21-15-9)8-16(3)23(19,20)12-6-4-5-11(7-12)22(14,17)18/h4-7H,8H2,1-3H3,(H2,14,17,18). The molecule has 2 aromatic rings. The maximum absolute atomic E-state index is 12.6. The van der Waals surface area contributed by atoms with Gasteiger partial charge in [-0.05, 0) is 32.0 Å². The third-order valence-corrected chi connectivity index (χ3v) is 6.11. The summed E-state index contributed by atoms with van der Waals surface area (Å²) in [7, 11) is -6.48. The minimum absolute atomic E-state index is 0.0586. The van der Waals surface area contributed by atoms with Crippen LogP contribution < -0.4 is 5.14 Å². The molecular weight excluding hydrogens is 342 g/mol.